The molecule has 0 saturated heterocycles. The number of rotatable bonds is 8. The standard InChI is InChI=1S/C20H30N4O/c1-23(2)13-4-14-24-20-11-12-21-15-18(20)19(22-24)10-7-16-5-8-17(25-3)9-6-16/h5-6,8-9,21H,4,7,10-15H2,1-3H3. The number of ether oxygens (including phenoxy) is 1. The van der Waals surface area contributed by atoms with E-state index in [0.717, 1.165) is 57.6 Å². The third-order valence-electron chi connectivity index (χ3n) is 4.87. The van der Waals surface area contributed by atoms with Gasteiger partial charge >= 0.3 is 0 Å². The molecular weight excluding hydrogens is 312 g/mol. The number of nitrogens with one attached hydrogen (secondary N) is 1. The molecule has 5 nitrogen and oxygen atoms in total. The van der Waals surface area contributed by atoms with Gasteiger partial charge in [0.25, 0.3) is 0 Å². The summed E-state index contributed by atoms with van der Waals surface area (Å²) in [6.45, 7) is 4.14. The van der Waals surface area contributed by atoms with Crippen molar-refractivity contribution in [3.63, 3.8) is 0 Å². The molecule has 0 saturated carbocycles. The highest BCUT2D eigenvalue weighted by molar-refractivity contribution is 5.31. The number of nitrogens with zero attached hydrogens (tertiary/aromatic N) is 3. The lowest BCUT2D eigenvalue weighted by Gasteiger charge is -2.16. The van der Waals surface area contributed by atoms with Crippen molar-refractivity contribution < 1.29 is 4.74 Å². The van der Waals surface area contributed by atoms with E-state index in [1.165, 1.54) is 22.5 Å². The van der Waals surface area contributed by atoms with Gasteiger partial charge in [-0.25, -0.2) is 0 Å². The molecule has 136 valence electrons. The first-order valence-electron chi connectivity index (χ1n) is 9.23. The fourth-order valence-corrected chi connectivity index (χ4v) is 3.47. The highest BCUT2D eigenvalue weighted by Crippen LogP contribution is 2.21. The molecule has 0 radical (unpaired) electrons. The fourth-order valence-electron chi connectivity index (χ4n) is 3.47. The van der Waals surface area contributed by atoms with Crippen molar-refractivity contribution in [2.45, 2.75) is 38.8 Å². The molecule has 1 aromatic carbocycles. The lowest BCUT2D eigenvalue weighted by Crippen LogP contribution is -2.25. The van der Waals surface area contributed by atoms with Crippen molar-refractivity contribution in [3.05, 3.63) is 46.8 Å². The maximum absolute atomic E-state index is 5.24. The Morgan fingerprint density at radius 2 is 2.00 bits per heavy atom. The van der Waals surface area contributed by atoms with Crippen LogP contribution in [0.25, 0.3) is 0 Å². The Bertz CT molecular complexity index is 676. The molecule has 2 aromatic rings. The van der Waals surface area contributed by atoms with Gasteiger partial charge in [0.2, 0.25) is 0 Å². The Kier molecular flexibility index (Phi) is 6.10. The van der Waals surface area contributed by atoms with E-state index in [-0.39, 0.29) is 0 Å². The minimum absolute atomic E-state index is 0.912. The molecular formula is C20H30N4O. The topological polar surface area (TPSA) is 42.3 Å². The zero-order chi connectivity index (χ0) is 17.6. The number of hydrogen-bond acceptors (Lipinski definition) is 4. The Balaban J connectivity index is 1.68. The normalized spacial score (nSPS) is 13.9. The van der Waals surface area contributed by atoms with Gasteiger partial charge in [-0.05, 0) is 57.6 Å². The van der Waals surface area contributed by atoms with Gasteiger partial charge in [-0.1, -0.05) is 12.1 Å². The van der Waals surface area contributed by atoms with E-state index in [0.29, 0.717) is 0 Å². The molecule has 1 aliphatic rings. The molecule has 2 heterocycles. The van der Waals surface area contributed by atoms with Crippen LogP contribution in [0.1, 0.15) is 28.9 Å². The summed E-state index contributed by atoms with van der Waals surface area (Å²) in [7, 11) is 5.96. The van der Waals surface area contributed by atoms with Gasteiger partial charge in [0.15, 0.2) is 0 Å². The summed E-state index contributed by atoms with van der Waals surface area (Å²) in [6.07, 6.45) is 4.25. The Hall–Kier alpha value is -1.85. The van der Waals surface area contributed by atoms with Crippen molar-refractivity contribution in [2.75, 3.05) is 34.3 Å². The first kappa shape index (κ1) is 18.0. The molecule has 25 heavy (non-hydrogen) atoms. The highest BCUT2D eigenvalue weighted by atomic mass is 16.5. The third-order valence-corrected chi connectivity index (χ3v) is 4.87. The number of benzene rings is 1. The summed E-state index contributed by atoms with van der Waals surface area (Å²) in [6, 6.07) is 8.37. The molecule has 3 rings (SSSR count). The highest BCUT2D eigenvalue weighted by Gasteiger charge is 2.20. The SMILES string of the molecule is COc1ccc(CCc2nn(CCCN(C)C)c3c2CNCC3)cc1. The maximum Gasteiger partial charge on any atom is 0.118 e. The predicted octanol–water partition coefficient (Wildman–Crippen LogP) is 2.27. The number of aryl methyl sites for hydroxylation is 3. The molecule has 1 N–H and O–H groups in total. The van der Waals surface area contributed by atoms with Crippen LogP contribution < -0.4 is 10.1 Å². The summed E-state index contributed by atoms with van der Waals surface area (Å²) in [5, 5.41) is 8.48. The summed E-state index contributed by atoms with van der Waals surface area (Å²) in [5.41, 5.74) is 5.48. The summed E-state index contributed by atoms with van der Waals surface area (Å²) < 4.78 is 7.50. The Labute approximate surface area is 151 Å². The monoisotopic (exact) mass is 342 g/mol. The molecule has 0 spiro atoms. The van der Waals surface area contributed by atoms with Crippen molar-refractivity contribution in [3.8, 4) is 5.75 Å². The first-order chi connectivity index (χ1) is 12.2. The molecule has 0 bridgehead atoms. The van der Waals surface area contributed by atoms with Crippen LogP contribution in [0.4, 0.5) is 0 Å². The van der Waals surface area contributed by atoms with Crippen molar-refractivity contribution >= 4 is 0 Å². The molecule has 0 amide bonds. The van der Waals surface area contributed by atoms with Crippen LogP contribution in [0.5, 0.6) is 5.75 Å². The van der Waals surface area contributed by atoms with Gasteiger partial charge in [-0.2, -0.15) is 5.10 Å². The zero-order valence-electron chi connectivity index (χ0n) is 15.7. The van der Waals surface area contributed by atoms with Crippen LogP contribution in [0.2, 0.25) is 0 Å². The minimum Gasteiger partial charge on any atom is -0.497 e. The molecule has 1 aliphatic heterocycles. The van der Waals surface area contributed by atoms with Gasteiger partial charge in [0.1, 0.15) is 5.75 Å². The van der Waals surface area contributed by atoms with Crippen LogP contribution >= 0.6 is 0 Å². The first-order valence-corrected chi connectivity index (χ1v) is 9.23. The lowest BCUT2D eigenvalue weighted by molar-refractivity contribution is 0.377. The average Bonchev–Trinajstić information content (AvgIpc) is 2.98. The van der Waals surface area contributed by atoms with Crippen molar-refractivity contribution in [2.24, 2.45) is 0 Å². The van der Waals surface area contributed by atoms with E-state index < -0.39 is 0 Å². The van der Waals surface area contributed by atoms with Crippen molar-refractivity contribution in [1.82, 2.24) is 20.0 Å². The molecule has 0 unspecified atom stereocenters. The summed E-state index contributed by atoms with van der Waals surface area (Å²) >= 11 is 0. The Morgan fingerprint density at radius 3 is 2.72 bits per heavy atom. The number of fused-ring (bicyclic) bond motifs is 1. The number of hydrogen-bond donors (Lipinski definition) is 1. The zero-order valence-corrected chi connectivity index (χ0v) is 15.7. The van der Waals surface area contributed by atoms with Gasteiger partial charge in [-0.15, -0.1) is 0 Å². The minimum atomic E-state index is 0.912. The van der Waals surface area contributed by atoms with Crippen LogP contribution in [0.15, 0.2) is 24.3 Å². The van der Waals surface area contributed by atoms with E-state index >= 15 is 0 Å². The second kappa shape index (κ2) is 8.50. The summed E-state index contributed by atoms with van der Waals surface area (Å²) in [4.78, 5) is 2.24. The van der Waals surface area contributed by atoms with Crippen LogP contribution in [0, 0.1) is 0 Å². The quantitative estimate of drug-likeness (QED) is 0.799. The molecule has 0 aliphatic carbocycles. The van der Waals surface area contributed by atoms with Gasteiger partial charge in [0, 0.05) is 37.3 Å². The predicted molar refractivity (Wildman–Crippen MR) is 101 cm³/mol. The number of methoxy groups -OCH3 is 1. The van der Waals surface area contributed by atoms with Crippen LogP contribution in [-0.2, 0) is 32.4 Å². The molecule has 5 heteroatoms. The Morgan fingerprint density at radius 1 is 1.20 bits per heavy atom. The molecule has 0 fully saturated rings. The lowest BCUT2D eigenvalue weighted by atomic mass is 10.0. The van der Waals surface area contributed by atoms with E-state index in [1.807, 2.05) is 12.1 Å². The van der Waals surface area contributed by atoms with Crippen LogP contribution in [-0.4, -0.2) is 49.0 Å². The maximum atomic E-state index is 5.24. The van der Waals surface area contributed by atoms with Crippen LogP contribution in [0.3, 0.4) is 0 Å². The smallest absolute Gasteiger partial charge is 0.118 e. The molecule has 0 atom stereocenters. The third kappa shape index (κ3) is 4.61. The van der Waals surface area contributed by atoms with E-state index in [4.69, 9.17) is 9.84 Å². The molecule has 1 aromatic heterocycles. The second-order valence-corrected chi connectivity index (χ2v) is 7.03. The summed E-state index contributed by atoms with van der Waals surface area (Å²) in [5.74, 6) is 0.912. The fraction of sp³-hybridized carbons (Fsp3) is 0.550. The van der Waals surface area contributed by atoms with Gasteiger partial charge < -0.3 is 15.0 Å². The average molecular weight is 342 g/mol. The second-order valence-electron chi connectivity index (χ2n) is 7.03. The van der Waals surface area contributed by atoms with E-state index in [1.54, 1.807) is 7.11 Å². The van der Waals surface area contributed by atoms with E-state index in [2.05, 4.69) is 41.1 Å². The van der Waals surface area contributed by atoms with Gasteiger partial charge in [0.05, 0.1) is 12.8 Å². The van der Waals surface area contributed by atoms with Crippen molar-refractivity contribution in [1.29, 1.82) is 0 Å². The largest absolute Gasteiger partial charge is 0.497 e. The van der Waals surface area contributed by atoms with E-state index in [9.17, 15) is 0 Å². The van der Waals surface area contributed by atoms with Gasteiger partial charge in [-0.3, -0.25) is 4.68 Å². The number of aromatic nitrogens is 2.